The summed E-state index contributed by atoms with van der Waals surface area (Å²) in [6.07, 6.45) is 7.06. The highest BCUT2D eigenvalue weighted by Gasteiger charge is 2.36. The van der Waals surface area contributed by atoms with Crippen LogP contribution in [0.15, 0.2) is 24.3 Å². The van der Waals surface area contributed by atoms with Crippen molar-refractivity contribution in [1.29, 1.82) is 0 Å². The molecule has 0 unspecified atom stereocenters. The highest BCUT2D eigenvalue weighted by Crippen LogP contribution is 2.34. The van der Waals surface area contributed by atoms with Gasteiger partial charge in [-0.3, -0.25) is 0 Å². The van der Waals surface area contributed by atoms with Crippen molar-refractivity contribution in [2.24, 2.45) is 0 Å². The Balaban J connectivity index is 2.18. The predicted molar refractivity (Wildman–Crippen MR) is 71.9 cm³/mol. The zero-order valence-electron chi connectivity index (χ0n) is 10.9. The van der Waals surface area contributed by atoms with Crippen molar-refractivity contribution in [1.82, 2.24) is 10.2 Å². The average Bonchev–Trinajstić information content (AvgIpc) is 3.21. The first-order valence-corrected chi connectivity index (χ1v) is 6.39. The van der Waals surface area contributed by atoms with Gasteiger partial charge in [-0.25, -0.2) is 9.18 Å². The van der Waals surface area contributed by atoms with Crippen LogP contribution in [0.4, 0.5) is 9.18 Å². The average molecular weight is 260 g/mol. The van der Waals surface area contributed by atoms with E-state index in [-0.39, 0.29) is 30.5 Å². The molecule has 100 valence electrons. The molecule has 1 fully saturated rings. The second-order valence-corrected chi connectivity index (χ2v) is 4.70. The molecule has 2 rings (SSSR count). The fraction of sp³-hybridized carbons (Fsp3) is 0.400. The van der Waals surface area contributed by atoms with E-state index in [0.29, 0.717) is 5.56 Å². The summed E-state index contributed by atoms with van der Waals surface area (Å²) in [6, 6.07) is 6.21. The van der Waals surface area contributed by atoms with Crippen molar-refractivity contribution in [2.75, 3.05) is 6.54 Å². The van der Waals surface area contributed by atoms with Crippen molar-refractivity contribution in [3.63, 3.8) is 0 Å². The summed E-state index contributed by atoms with van der Waals surface area (Å²) >= 11 is 0. The Labute approximate surface area is 112 Å². The molecule has 4 heteroatoms. The van der Waals surface area contributed by atoms with Gasteiger partial charge in [0.1, 0.15) is 5.82 Å². The van der Waals surface area contributed by atoms with E-state index in [9.17, 15) is 9.18 Å². The first kappa shape index (κ1) is 13.4. The van der Waals surface area contributed by atoms with E-state index in [0.717, 1.165) is 12.8 Å². The number of terminal acetylenes is 1. The lowest BCUT2D eigenvalue weighted by atomic mass is 10.1. The molecule has 0 radical (unpaired) electrons. The van der Waals surface area contributed by atoms with Crippen LogP contribution in [0.3, 0.4) is 0 Å². The first-order chi connectivity index (χ1) is 9.15. The smallest absolute Gasteiger partial charge is 0.318 e. The molecule has 2 amide bonds. The van der Waals surface area contributed by atoms with Gasteiger partial charge >= 0.3 is 6.03 Å². The van der Waals surface area contributed by atoms with Crippen LogP contribution in [0.5, 0.6) is 0 Å². The minimum Gasteiger partial charge on any atom is -0.327 e. The minimum atomic E-state index is -0.300. The quantitative estimate of drug-likeness (QED) is 0.829. The normalized spacial score (nSPS) is 15.4. The van der Waals surface area contributed by atoms with Gasteiger partial charge in [-0.15, -0.1) is 6.42 Å². The van der Waals surface area contributed by atoms with Crippen molar-refractivity contribution < 1.29 is 9.18 Å². The third-order valence-corrected chi connectivity index (χ3v) is 3.29. The summed E-state index contributed by atoms with van der Waals surface area (Å²) in [6.45, 7) is 2.03. The molecule has 0 heterocycles. The van der Waals surface area contributed by atoms with E-state index in [1.165, 1.54) is 6.07 Å². The van der Waals surface area contributed by atoms with Crippen molar-refractivity contribution >= 4 is 6.03 Å². The van der Waals surface area contributed by atoms with Gasteiger partial charge in [0.15, 0.2) is 0 Å². The van der Waals surface area contributed by atoms with E-state index >= 15 is 0 Å². The molecule has 1 aliphatic carbocycles. The number of urea groups is 1. The number of halogens is 1. The van der Waals surface area contributed by atoms with Gasteiger partial charge in [0.05, 0.1) is 12.6 Å². The highest BCUT2D eigenvalue weighted by atomic mass is 19.1. The van der Waals surface area contributed by atoms with Gasteiger partial charge in [0.25, 0.3) is 0 Å². The summed E-state index contributed by atoms with van der Waals surface area (Å²) in [7, 11) is 0. The standard InChI is InChI=1S/C15H17FN2O/c1-3-10-17-15(19)18(12-8-9-12)11(2)13-6-4-5-7-14(13)16/h1,4-7,11-12H,8-10H2,2H3,(H,17,19)/t11-/m0/s1. The molecule has 3 nitrogen and oxygen atoms in total. The number of amides is 2. The number of hydrogen-bond donors (Lipinski definition) is 1. The number of benzene rings is 1. The van der Waals surface area contributed by atoms with Crippen molar-refractivity contribution in [3.05, 3.63) is 35.6 Å². The fourth-order valence-corrected chi connectivity index (χ4v) is 2.19. The summed E-state index contributed by atoms with van der Waals surface area (Å²) in [5, 5.41) is 2.65. The van der Waals surface area contributed by atoms with Crippen molar-refractivity contribution in [3.8, 4) is 12.3 Å². The summed E-state index contributed by atoms with van der Waals surface area (Å²) < 4.78 is 13.8. The zero-order chi connectivity index (χ0) is 13.8. The summed E-state index contributed by atoms with van der Waals surface area (Å²) in [5.74, 6) is 2.08. The Morgan fingerprint density at radius 1 is 1.58 bits per heavy atom. The van der Waals surface area contributed by atoms with Crippen LogP contribution in [0.1, 0.15) is 31.4 Å². The summed E-state index contributed by atoms with van der Waals surface area (Å²) in [4.78, 5) is 13.8. The van der Waals surface area contributed by atoms with Gasteiger partial charge in [-0.05, 0) is 25.8 Å². The Morgan fingerprint density at radius 2 is 2.26 bits per heavy atom. The third kappa shape index (κ3) is 3.05. The number of hydrogen-bond acceptors (Lipinski definition) is 1. The van der Waals surface area contributed by atoms with Crippen LogP contribution in [0.2, 0.25) is 0 Å². The van der Waals surface area contributed by atoms with Crippen LogP contribution in [0.25, 0.3) is 0 Å². The molecule has 1 aromatic rings. The number of carbonyl (C=O) groups is 1. The topological polar surface area (TPSA) is 32.3 Å². The lowest BCUT2D eigenvalue weighted by molar-refractivity contribution is 0.175. The molecule has 1 saturated carbocycles. The Bertz CT molecular complexity index is 505. The molecule has 0 aliphatic heterocycles. The Kier molecular flexibility index (Phi) is 4.06. The molecule has 19 heavy (non-hydrogen) atoms. The molecule has 1 atom stereocenters. The molecular weight excluding hydrogens is 243 g/mol. The van der Waals surface area contributed by atoms with Gasteiger partial charge in [0.2, 0.25) is 0 Å². The van der Waals surface area contributed by atoms with Crippen LogP contribution >= 0.6 is 0 Å². The molecule has 0 aromatic heterocycles. The summed E-state index contributed by atoms with van der Waals surface area (Å²) in [5.41, 5.74) is 0.533. The predicted octanol–water partition coefficient (Wildman–Crippen LogP) is 2.69. The van der Waals surface area contributed by atoms with E-state index in [2.05, 4.69) is 11.2 Å². The fourth-order valence-electron chi connectivity index (χ4n) is 2.19. The largest absolute Gasteiger partial charge is 0.327 e. The number of nitrogens with one attached hydrogen (secondary N) is 1. The maximum absolute atomic E-state index is 13.8. The Morgan fingerprint density at radius 3 is 2.84 bits per heavy atom. The maximum atomic E-state index is 13.8. The zero-order valence-corrected chi connectivity index (χ0v) is 10.9. The first-order valence-electron chi connectivity index (χ1n) is 6.39. The molecule has 1 N–H and O–H groups in total. The highest BCUT2D eigenvalue weighted by molar-refractivity contribution is 5.75. The van der Waals surface area contributed by atoms with E-state index in [4.69, 9.17) is 6.42 Å². The maximum Gasteiger partial charge on any atom is 0.318 e. The van der Waals surface area contributed by atoms with Crippen LogP contribution in [-0.2, 0) is 0 Å². The van der Waals surface area contributed by atoms with E-state index in [1.54, 1.807) is 23.1 Å². The second-order valence-electron chi connectivity index (χ2n) is 4.70. The molecule has 0 saturated heterocycles. The SMILES string of the molecule is C#CCNC(=O)N(C1CC1)[C@@H](C)c1ccccc1F. The number of carbonyl (C=O) groups excluding carboxylic acids is 1. The van der Waals surface area contributed by atoms with Crippen LogP contribution < -0.4 is 5.32 Å². The monoisotopic (exact) mass is 260 g/mol. The molecule has 1 aromatic carbocycles. The van der Waals surface area contributed by atoms with Gasteiger partial charge in [-0.2, -0.15) is 0 Å². The second kappa shape index (κ2) is 5.75. The minimum absolute atomic E-state index is 0.187. The molecule has 0 spiro atoms. The van der Waals surface area contributed by atoms with Gasteiger partial charge < -0.3 is 10.2 Å². The van der Waals surface area contributed by atoms with Crippen LogP contribution in [0, 0.1) is 18.2 Å². The van der Waals surface area contributed by atoms with Gasteiger partial charge in [-0.1, -0.05) is 24.1 Å². The van der Waals surface area contributed by atoms with Crippen molar-refractivity contribution in [2.45, 2.75) is 31.8 Å². The lowest BCUT2D eigenvalue weighted by Gasteiger charge is -2.29. The van der Waals surface area contributed by atoms with Gasteiger partial charge in [0, 0.05) is 11.6 Å². The van der Waals surface area contributed by atoms with E-state index < -0.39 is 0 Å². The third-order valence-electron chi connectivity index (χ3n) is 3.29. The van der Waals surface area contributed by atoms with E-state index in [1.807, 2.05) is 6.92 Å². The number of nitrogens with zero attached hydrogens (tertiary/aromatic N) is 1. The number of rotatable bonds is 4. The Hall–Kier alpha value is -2.02. The molecule has 1 aliphatic rings. The lowest BCUT2D eigenvalue weighted by Crippen LogP contribution is -2.43. The molecule has 0 bridgehead atoms. The molecular formula is C15H17FN2O. The van der Waals surface area contributed by atoms with Crippen LogP contribution in [-0.4, -0.2) is 23.5 Å².